The van der Waals surface area contributed by atoms with Gasteiger partial charge in [0.05, 0.1) is 0 Å². The smallest absolute Gasteiger partial charge is 0.0294 e. The van der Waals surface area contributed by atoms with Crippen LogP contribution >= 0.6 is 15.9 Å². The Bertz CT molecular complexity index is 266. The van der Waals surface area contributed by atoms with Gasteiger partial charge in [0.1, 0.15) is 0 Å². The predicted molar refractivity (Wildman–Crippen MR) is 60.8 cm³/mol. The van der Waals surface area contributed by atoms with Crippen molar-refractivity contribution in [2.75, 3.05) is 6.54 Å². The first-order valence-corrected chi connectivity index (χ1v) is 5.13. The number of rotatable bonds is 4. The van der Waals surface area contributed by atoms with Gasteiger partial charge >= 0.3 is 0 Å². The first-order valence-electron chi connectivity index (χ1n) is 4.34. The van der Waals surface area contributed by atoms with E-state index < -0.39 is 0 Å². The molecule has 70 valence electrons. The van der Waals surface area contributed by atoms with Crippen molar-refractivity contribution in [2.45, 2.75) is 13.0 Å². The van der Waals surface area contributed by atoms with Gasteiger partial charge in [0.25, 0.3) is 0 Å². The van der Waals surface area contributed by atoms with Crippen LogP contribution in [0.15, 0.2) is 41.4 Å². The standard InChI is InChI=1S/C11H14BrN/c1-3-8-13-9(2)10-4-6-11(12)7-5-10/h3-7,9,13H,1,8H2,2H3/t9-/m0/s1. The summed E-state index contributed by atoms with van der Waals surface area (Å²) in [5, 5.41) is 3.33. The van der Waals surface area contributed by atoms with Gasteiger partial charge in [0, 0.05) is 17.1 Å². The van der Waals surface area contributed by atoms with Crippen molar-refractivity contribution >= 4 is 15.9 Å². The second-order valence-corrected chi connectivity index (χ2v) is 3.89. The van der Waals surface area contributed by atoms with E-state index in [4.69, 9.17) is 0 Å². The molecule has 0 saturated carbocycles. The lowest BCUT2D eigenvalue weighted by Crippen LogP contribution is -2.18. The lowest BCUT2D eigenvalue weighted by molar-refractivity contribution is 0.617. The monoisotopic (exact) mass is 239 g/mol. The highest BCUT2D eigenvalue weighted by Crippen LogP contribution is 2.15. The van der Waals surface area contributed by atoms with Gasteiger partial charge in [0.2, 0.25) is 0 Å². The Labute approximate surface area is 88.0 Å². The molecule has 13 heavy (non-hydrogen) atoms. The van der Waals surface area contributed by atoms with Gasteiger partial charge in [-0.3, -0.25) is 0 Å². The summed E-state index contributed by atoms with van der Waals surface area (Å²) in [6, 6.07) is 8.73. The van der Waals surface area contributed by atoms with Crippen molar-refractivity contribution in [3.63, 3.8) is 0 Å². The molecular weight excluding hydrogens is 226 g/mol. The minimum atomic E-state index is 0.381. The number of hydrogen-bond donors (Lipinski definition) is 1. The summed E-state index contributed by atoms with van der Waals surface area (Å²) in [5.74, 6) is 0. The van der Waals surface area contributed by atoms with Crippen LogP contribution in [0.25, 0.3) is 0 Å². The van der Waals surface area contributed by atoms with Crippen molar-refractivity contribution in [3.05, 3.63) is 47.0 Å². The quantitative estimate of drug-likeness (QED) is 0.796. The predicted octanol–water partition coefficient (Wildman–Crippen LogP) is 3.29. The molecule has 1 nitrogen and oxygen atoms in total. The number of nitrogens with one attached hydrogen (secondary N) is 1. The van der Waals surface area contributed by atoms with Crippen molar-refractivity contribution in [1.82, 2.24) is 5.32 Å². The van der Waals surface area contributed by atoms with Crippen LogP contribution in [-0.4, -0.2) is 6.54 Å². The summed E-state index contributed by atoms with van der Waals surface area (Å²) in [7, 11) is 0. The zero-order chi connectivity index (χ0) is 9.68. The molecule has 0 radical (unpaired) electrons. The molecule has 1 N–H and O–H groups in total. The molecule has 1 aromatic carbocycles. The first kappa shape index (κ1) is 10.5. The fraction of sp³-hybridized carbons (Fsp3) is 0.273. The minimum absolute atomic E-state index is 0.381. The first-order chi connectivity index (χ1) is 6.24. The molecule has 0 aromatic heterocycles. The second-order valence-electron chi connectivity index (χ2n) is 2.97. The van der Waals surface area contributed by atoms with Crippen molar-refractivity contribution < 1.29 is 0 Å². The summed E-state index contributed by atoms with van der Waals surface area (Å²) >= 11 is 3.41. The molecule has 0 spiro atoms. The van der Waals surface area contributed by atoms with E-state index in [9.17, 15) is 0 Å². The summed E-state index contributed by atoms with van der Waals surface area (Å²) in [6.07, 6.45) is 1.87. The van der Waals surface area contributed by atoms with Crippen LogP contribution < -0.4 is 5.32 Å². The maximum atomic E-state index is 3.67. The highest BCUT2D eigenvalue weighted by Gasteiger charge is 2.01. The zero-order valence-corrected chi connectivity index (χ0v) is 9.34. The molecular formula is C11H14BrN. The third-order valence-electron chi connectivity index (χ3n) is 1.94. The molecule has 1 aromatic rings. The van der Waals surface area contributed by atoms with E-state index in [1.165, 1.54) is 5.56 Å². The molecule has 0 amide bonds. The number of halogens is 1. The van der Waals surface area contributed by atoms with Crippen molar-refractivity contribution in [3.8, 4) is 0 Å². The lowest BCUT2D eigenvalue weighted by atomic mass is 10.1. The molecule has 1 rings (SSSR count). The van der Waals surface area contributed by atoms with E-state index >= 15 is 0 Å². The van der Waals surface area contributed by atoms with Gasteiger partial charge in [0.15, 0.2) is 0 Å². The number of hydrogen-bond acceptors (Lipinski definition) is 1. The Balaban J connectivity index is 2.60. The average Bonchev–Trinajstić information content (AvgIpc) is 2.15. The van der Waals surface area contributed by atoms with Gasteiger partial charge < -0.3 is 5.32 Å². The molecule has 2 heteroatoms. The van der Waals surface area contributed by atoms with E-state index in [0.29, 0.717) is 6.04 Å². The zero-order valence-electron chi connectivity index (χ0n) is 7.76. The maximum absolute atomic E-state index is 3.67. The van der Waals surface area contributed by atoms with Crippen LogP contribution in [0.1, 0.15) is 18.5 Å². The molecule has 0 aliphatic heterocycles. The van der Waals surface area contributed by atoms with E-state index in [-0.39, 0.29) is 0 Å². The van der Waals surface area contributed by atoms with Gasteiger partial charge in [-0.05, 0) is 24.6 Å². The van der Waals surface area contributed by atoms with Crippen molar-refractivity contribution in [1.29, 1.82) is 0 Å². The fourth-order valence-corrected chi connectivity index (χ4v) is 1.39. The summed E-state index contributed by atoms with van der Waals surface area (Å²) in [5.41, 5.74) is 1.30. The van der Waals surface area contributed by atoms with Crippen LogP contribution in [0.3, 0.4) is 0 Å². The third-order valence-corrected chi connectivity index (χ3v) is 2.47. The Morgan fingerprint density at radius 3 is 2.62 bits per heavy atom. The molecule has 0 fully saturated rings. The molecule has 1 atom stereocenters. The van der Waals surface area contributed by atoms with Crippen LogP contribution in [0.4, 0.5) is 0 Å². The molecule has 0 heterocycles. The highest BCUT2D eigenvalue weighted by molar-refractivity contribution is 9.10. The average molecular weight is 240 g/mol. The summed E-state index contributed by atoms with van der Waals surface area (Å²) < 4.78 is 1.12. The van der Waals surface area contributed by atoms with E-state index in [0.717, 1.165) is 11.0 Å². The normalized spacial score (nSPS) is 12.5. The Morgan fingerprint density at radius 2 is 2.08 bits per heavy atom. The van der Waals surface area contributed by atoms with E-state index in [1.807, 2.05) is 6.08 Å². The van der Waals surface area contributed by atoms with Crippen LogP contribution in [0.2, 0.25) is 0 Å². The third kappa shape index (κ3) is 3.33. The molecule has 0 unspecified atom stereocenters. The molecule has 0 aliphatic carbocycles. The van der Waals surface area contributed by atoms with Gasteiger partial charge in [-0.25, -0.2) is 0 Å². The Hall–Kier alpha value is -0.600. The van der Waals surface area contributed by atoms with E-state index in [1.54, 1.807) is 0 Å². The summed E-state index contributed by atoms with van der Waals surface area (Å²) in [6.45, 7) is 6.66. The van der Waals surface area contributed by atoms with Crippen LogP contribution in [0, 0.1) is 0 Å². The lowest BCUT2D eigenvalue weighted by Gasteiger charge is -2.12. The van der Waals surface area contributed by atoms with Gasteiger partial charge in [-0.1, -0.05) is 34.1 Å². The Kier molecular flexibility index (Phi) is 4.19. The summed E-state index contributed by atoms with van der Waals surface area (Å²) in [4.78, 5) is 0. The highest BCUT2D eigenvalue weighted by atomic mass is 79.9. The topological polar surface area (TPSA) is 12.0 Å². The fourth-order valence-electron chi connectivity index (χ4n) is 1.13. The minimum Gasteiger partial charge on any atom is -0.307 e. The number of benzene rings is 1. The Morgan fingerprint density at radius 1 is 1.46 bits per heavy atom. The maximum Gasteiger partial charge on any atom is 0.0294 e. The van der Waals surface area contributed by atoms with Gasteiger partial charge in [-0.15, -0.1) is 6.58 Å². The van der Waals surface area contributed by atoms with Gasteiger partial charge in [-0.2, -0.15) is 0 Å². The molecule has 0 bridgehead atoms. The van der Waals surface area contributed by atoms with Crippen molar-refractivity contribution in [2.24, 2.45) is 0 Å². The largest absolute Gasteiger partial charge is 0.307 e. The molecule has 0 saturated heterocycles. The van der Waals surface area contributed by atoms with E-state index in [2.05, 4.69) is 59.0 Å². The van der Waals surface area contributed by atoms with Crippen LogP contribution in [-0.2, 0) is 0 Å². The van der Waals surface area contributed by atoms with Crippen LogP contribution in [0.5, 0.6) is 0 Å². The SMILES string of the molecule is C=CCN[C@@H](C)c1ccc(Br)cc1. The second kappa shape index (κ2) is 5.20. The molecule has 0 aliphatic rings.